The molecule has 4 rings (SSSR count). The second-order valence-electron chi connectivity index (χ2n) is 7.42. The van der Waals surface area contributed by atoms with Crippen molar-refractivity contribution in [2.24, 2.45) is 11.8 Å². The molecule has 3 unspecified atom stereocenters. The molecule has 2 saturated carbocycles. The molecule has 1 aliphatic heterocycles. The van der Waals surface area contributed by atoms with E-state index in [4.69, 9.17) is 0 Å². The van der Waals surface area contributed by atoms with Crippen LogP contribution < -0.4 is 0 Å². The molecule has 1 heterocycles. The third kappa shape index (κ3) is 1.86. The van der Waals surface area contributed by atoms with Crippen LogP contribution in [0.3, 0.4) is 0 Å². The van der Waals surface area contributed by atoms with Crippen LogP contribution in [0, 0.1) is 18.8 Å². The van der Waals surface area contributed by atoms with Gasteiger partial charge in [-0.3, -0.25) is 4.90 Å². The smallest absolute Gasteiger partial charge is 0.0491 e. The van der Waals surface area contributed by atoms with Gasteiger partial charge in [0.25, 0.3) is 0 Å². The van der Waals surface area contributed by atoms with E-state index in [1.165, 1.54) is 63.6 Å². The summed E-state index contributed by atoms with van der Waals surface area (Å²) in [5, 5.41) is 0. The molecule has 1 nitrogen and oxygen atoms in total. The van der Waals surface area contributed by atoms with Crippen molar-refractivity contribution in [3.63, 3.8) is 0 Å². The molecule has 2 bridgehead atoms. The number of likely N-dealkylation sites (tertiary alicyclic amines) is 1. The predicted octanol–water partition coefficient (Wildman–Crippen LogP) is 4.50. The first-order valence-electron chi connectivity index (χ1n) is 8.61. The van der Waals surface area contributed by atoms with Gasteiger partial charge in [-0.15, -0.1) is 0 Å². The predicted molar refractivity (Wildman–Crippen MR) is 83.7 cm³/mol. The fraction of sp³-hybridized carbons (Fsp3) is 0.684. The number of nitrogens with zero attached hydrogens (tertiary/aromatic N) is 1. The Bertz CT molecular complexity index is 488. The highest BCUT2D eigenvalue weighted by Gasteiger charge is 2.54. The minimum absolute atomic E-state index is 0.398. The Labute approximate surface area is 123 Å². The van der Waals surface area contributed by atoms with E-state index in [9.17, 15) is 0 Å². The van der Waals surface area contributed by atoms with Gasteiger partial charge in [-0.1, -0.05) is 42.7 Å². The van der Waals surface area contributed by atoms with Crippen molar-refractivity contribution in [1.82, 2.24) is 4.90 Å². The molecule has 2 aliphatic carbocycles. The largest absolute Gasteiger partial charge is 0.293 e. The summed E-state index contributed by atoms with van der Waals surface area (Å²) >= 11 is 0. The first-order valence-corrected chi connectivity index (χ1v) is 8.61. The molecule has 1 aromatic rings. The molecule has 0 amide bonds. The molecule has 0 spiro atoms. The quantitative estimate of drug-likeness (QED) is 0.764. The number of benzene rings is 1. The van der Waals surface area contributed by atoms with E-state index < -0.39 is 0 Å². The molecular formula is C19H27N. The molecule has 1 saturated heterocycles. The number of hydrogen-bond donors (Lipinski definition) is 0. The van der Waals surface area contributed by atoms with Crippen LogP contribution in [0.5, 0.6) is 0 Å². The first kappa shape index (κ1) is 12.9. The van der Waals surface area contributed by atoms with E-state index in [0.29, 0.717) is 5.54 Å². The Morgan fingerprint density at radius 1 is 1.10 bits per heavy atom. The van der Waals surface area contributed by atoms with Gasteiger partial charge in [0.1, 0.15) is 0 Å². The van der Waals surface area contributed by atoms with Crippen molar-refractivity contribution in [1.29, 1.82) is 0 Å². The Morgan fingerprint density at radius 3 is 2.60 bits per heavy atom. The van der Waals surface area contributed by atoms with Crippen molar-refractivity contribution >= 4 is 0 Å². The van der Waals surface area contributed by atoms with E-state index in [-0.39, 0.29) is 0 Å². The zero-order chi connectivity index (χ0) is 13.6. The van der Waals surface area contributed by atoms with Gasteiger partial charge < -0.3 is 0 Å². The standard InChI is InChI=1S/C19H27N/c1-15-6-5-7-17(12-15)19(20-10-3-2-4-11-20)14-16-8-9-18(19)13-16/h5-7,12,16,18H,2-4,8-11,13-14H2,1H3. The minimum atomic E-state index is 0.398. The highest BCUT2D eigenvalue weighted by atomic mass is 15.2. The van der Waals surface area contributed by atoms with Crippen molar-refractivity contribution in [3.8, 4) is 0 Å². The summed E-state index contributed by atoms with van der Waals surface area (Å²) in [6.45, 7) is 4.91. The average molecular weight is 269 g/mol. The molecule has 0 radical (unpaired) electrons. The summed E-state index contributed by atoms with van der Waals surface area (Å²) in [6, 6.07) is 9.43. The van der Waals surface area contributed by atoms with Gasteiger partial charge in [0.15, 0.2) is 0 Å². The third-order valence-electron chi connectivity index (χ3n) is 6.25. The van der Waals surface area contributed by atoms with Gasteiger partial charge in [-0.2, -0.15) is 0 Å². The van der Waals surface area contributed by atoms with Gasteiger partial charge >= 0.3 is 0 Å². The topological polar surface area (TPSA) is 3.24 Å². The van der Waals surface area contributed by atoms with E-state index in [0.717, 1.165) is 11.8 Å². The van der Waals surface area contributed by atoms with Crippen LogP contribution in [0.4, 0.5) is 0 Å². The van der Waals surface area contributed by atoms with E-state index >= 15 is 0 Å². The monoisotopic (exact) mass is 269 g/mol. The minimum Gasteiger partial charge on any atom is -0.293 e. The molecule has 3 fully saturated rings. The van der Waals surface area contributed by atoms with Crippen LogP contribution in [0.15, 0.2) is 24.3 Å². The van der Waals surface area contributed by atoms with Gasteiger partial charge in [0, 0.05) is 5.54 Å². The highest BCUT2D eigenvalue weighted by molar-refractivity contribution is 5.32. The third-order valence-corrected chi connectivity index (χ3v) is 6.25. The fourth-order valence-corrected chi connectivity index (χ4v) is 5.43. The Hall–Kier alpha value is -0.820. The summed E-state index contributed by atoms with van der Waals surface area (Å²) in [6.07, 6.45) is 10.1. The summed E-state index contributed by atoms with van der Waals surface area (Å²) in [5.74, 6) is 1.93. The van der Waals surface area contributed by atoms with Crippen molar-refractivity contribution in [2.45, 2.75) is 57.4 Å². The van der Waals surface area contributed by atoms with Crippen LogP contribution >= 0.6 is 0 Å². The number of aryl methyl sites for hydroxylation is 1. The second-order valence-corrected chi connectivity index (χ2v) is 7.42. The molecule has 3 atom stereocenters. The second kappa shape index (κ2) is 4.87. The maximum atomic E-state index is 2.88. The van der Waals surface area contributed by atoms with Gasteiger partial charge in [0.2, 0.25) is 0 Å². The van der Waals surface area contributed by atoms with E-state index in [1.807, 2.05) is 0 Å². The highest BCUT2D eigenvalue weighted by Crippen LogP contribution is 2.58. The van der Waals surface area contributed by atoms with Crippen LogP contribution in [-0.2, 0) is 5.54 Å². The van der Waals surface area contributed by atoms with Crippen molar-refractivity contribution < 1.29 is 0 Å². The Morgan fingerprint density at radius 2 is 1.95 bits per heavy atom. The molecular weight excluding hydrogens is 242 g/mol. The lowest BCUT2D eigenvalue weighted by Gasteiger charge is -2.49. The average Bonchev–Trinajstić information content (AvgIpc) is 3.09. The molecule has 1 heteroatoms. The van der Waals surface area contributed by atoms with Crippen molar-refractivity contribution in [3.05, 3.63) is 35.4 Å². The number of piperidine rings is 1. The SMILES string of the molecule is Cc1cccc(C2(N3CCCCC3)CC3CCC2C3)c1. The number of rotatable bonds is 2. The Kier molecular flexibility index (Phi) is 3.14. The zero-order valence-electron chi connectivity index (χ0n) is 12.8. The molecule has 20 heavy (non-hydrogen) atoms. The van der Waals surface area contributed by atoms with Gasteiger partial charge in [-0.05, 0) is 69.5 Å². The summed E-state index contributed by atoms with van der Waals surface area (Å²) in [4.78, 5) is 2.88. The van der Waals surface area contributed by atoms with Crippen LogP contribution in [0.1, 0.15) is 56.1 Å². The molecule has 108 valence electrons. The van der Waals surface area contributed by atoms with Crippen LogP contribution in [0.25, 0.3) is 0 Å². The number of fused-ring (bicyclic) bond motifs is 2. The zero-order valence-corrected chi connectivity index (χ0v) is 12.8. The maximum Gasteiger partial charge on any atom is 0.0491 e. The normalized spacial score (nSPS) is 37.5. The lowest BCUT2D eigenvalue weighted by molar-refractivity contribution is 0.0154. The summed E-state index contributed by atoms with van der Waals surface area (Å²) in [5.41, 5.74) is 3.46. The van der Waals surface area contributed by atoms with Crippen molar-refractivity contribution in [2.75, 3.05) is 13.1 Å². The Balaban J connectivity index is 1.77. The maximum absolute atomic E-state index is 2.88. The number of hydrogen-bond acceptors (Lipinski definition) is 1. The molecule has 0 N–H and O–H groups in total. The molecule has 3 aliphatic rings. The van der Waals surface area contributed by atoms with Gasteiger partial charge in [0.05, 0.1) is 0 Å². The molecule has 0 aromatic heterocycles. The lowest BCUT2D eigenvalue weighted by Crippen LogP contribution is -2.51. The van der Waals surface area contributed by atoms with E-state index in [1.54, 1.807) is 5.56 Å². The van der Waals surface area contributed by atoms with Crippen LogP contribution in [0.2, 0.25) is 0 Å². The van der Waals surface area contributed by atoms with Crippen LogP contribution in [-0.4, -0.2) is 18.0 Å². The lowest BCUT2D eigenvalue weighted by atomic mass is 9.73. The van der Waals surface area contributed by atoms with E-state index in [2.05, 4.69) is 36.1 Å². The summed E-state index contributed by atoms with van der Waals surface area (Å²) in [7, 11) is 0. The van der Waals surface area contributed by atoms with Gasteiger partial charge in [-0.25, -0.2) is 0 Å². The first-order chi connectivity index (χ1) is 9.79. The molecule has 1 aromatic carbocycles. The fourth-order valence-electron chi connectivity index (χ4n) is 5.43. The summed E-state index contributed by atoms with van der Waals surface area (Å²) < 4.78 is 0.